The van der Waals surface area contributed by atoms with Crippen LogP contribution in [-0.4, -0.2) is 23.9 Å². The van der Waals surface area contributed by atoms with Crippen molar-refractivity contribution in [1.82, 2.24) is 4.90 Å². The molecule has 0 saturated heterocycles. The average molecular weight is 273 g/mol. The van der Waals surface area contributed by atoms with Crippen LogP contribution in [0.4, 0.5) is 0 Å². The molecule has 0 aliphatic carbocycles. The van der Waals surface area contributed by atoms with Gasteiger partial charge in [-0.05, 0) is 37.9 Å². The SMILES string of the molecule is CCN(Cc1ccccc1C#N)C(=O)C(C)CCCN. The number of rotatable bonds is 7. The van der Waals surface area contributed by atoms with Crippen LogP contribution in [0.15, 0.2) is 24.3 Å². The van der Waals surface area contributed by atoms with E-state index in [1.807, 2.05) is 32.0 Å². The van der Waals surface area contributed by atoms with E-state index < -0.39 is 0 Å². The van der Waals surface area contributed by atoms with E-state index in [-0.39, 0.29) is 11.8 Å². The van der Waals surface area contributed by atoms with Crippen molar-refractivity contribution in [2.45, 2.75) is 33.2 Å². The number of amides is 1. The predicted octanol–water partition coefficient (Wildman–Crippen LogP) is 2.28. The number of benzene rings is 1. The zero-order valence-corrected chi connectivity index (χ0v) is 12.3. The smallest absolute Gasteiger partial charge is 0.225 e. The number of hydrogen-bond acceptors (Lipinski definition) is 3. The van der Waals surface area contributed by atoms with E-state index in [9.17, 15) is 4.79 Å². The van der Waals surface area contributed by atoms with Crippen LogP contribution in [0.3, 0.4) is 0 Å². The minimum Gasteiger partial charge on any atom is -0.338 e. The van der Waals surface area contributed by atoms with Gasteiger partial charge in [-0.25, -0.2) is 0 Å². The van der Waals surface area contributed by atoms with Crippen molar-refractivity contribution in [1.29, 1.82) is 5.26 Å². The molecule has 4 nitrogen and oxygen atoms in total. The van der Waals surface area contributed by atoms with Gasteiger partial charge in [-0.15, -0.1) is 0 Å². The molecule has 1 unspecified atom stereocenters. The topological polar surface area (TPSA) is 70.1 Å². The normalized spacial score (nSPS) is 11.7. The second-order valence-electron chi connectivity index (χ2n) is 4.95. The summed E-state index contributed by atoms with van der Waals surface area (Å²) in [7, 11) is 0. The molecule has 1 amide bonds. The Hall–Kier alpha value is -1.86. The van der Waals surface area contributed by atoms with Crippen LogP contribution >= 0.6 is 0 Å². The van der Waals surface area contributed by atoms with E-state index in [1.54, 1.807) is 11.0 Å². The third-order valence-corrected chi connectivity index (χ3v) is 3.46. The number of hydrogen-bond donors (Lipinski definition) is 1. The molecule has 2 N–H and O–H groups in total. The molecule has 0 aliphatic heterocycles. The maximum absolute atomic E-state index is 12.4. The molecule has 0 aromatic heterocycles. The standard InChI is InChI=1S/C16H23N3O/c1-3-19(16(20)13(2)7-6-10-17)12-15-9-5-4-8-14(15)11-18/h4-5,8-9,13H,3,6-7,10,12,17H2,1-2H3. The molecular weight excluding hydrogens is 250 g/mol. The third-order valence-electron chi connectivity index (χ3n) is 3.46. The molecule has 0 aliphatic rings. The summed E-state index contributed by atoms with van der Waals surface area (Å²) in [6.07, 6.45) is 1.67. The number of carbonyl (C=O) groups is 1. The van der Waals surface area contributed by atoms with Crippen LogP contribution in [-0.2, 0) is 11.3 Å². The highest BCUT2D eigenvalue weighted by molar-refractivity contribution is 5.78. The lowest BCUT2D eigenvalue weighted by Gasteiger charge is -2.25. The summed E-state index contributed by atoms with van der Waals surface area (Å²) in [5, 5.41) is 9.10. The summed E-state index contributed by atoms with van der Waals surface area (Å²) in [5.41, 5.74) is 7.02. The molecule has 1 rings (SSSR count). The van der Waals surface area contributed by atoms with Crippen molar-refractivity contribution in [3.8, 4) is 6.07 Å². The largest absolute Gasteiger partial charge is 0.338 e. The van der Waals surface area contributed by atoms with Crippen LogP contribution in [0.1, 0.15) is 37.8 Å². The van der Waals surface area contributed by atoms with Gasteiger partial charge >= 0.3 is 0 Å². The molecule has 0 spiro atoms. The Balaban J connectivity index is 2.76. The first-order valence-corrected chi connectivity index (χ1v) is 7.10. The highest BCUT2D eigenvalue weighted by atomic mass is 16.2. The molecule has 0 heterocycles. The Morgan fingerprint density at radius 1 is 1.45 bits per heavy atom. The Labute approximate surface area is 121 Å². The van der Waals surface area contributed by atoms with E-state index >= 15 is 0 Å². The van der Waals surface area contributed by atoms with Gasteiger partial charge in [-0.2, -0.15) is 5.26 Å². The molecule has 0 radical (unpaired) electrons. The zero-order valence-electron chi connectivity index (χ0n) is 12.3. The Morgan fingerprint density at radius 2 is 2.15 bits per heavy atom. The average Bonchev–Trinajstić information content (AvgIpc) is 2.49. The van der Waals surface area contributed by atoms with Crippen molar-refractivity contribution in [3.05, 3.63) is 35.4 Å². The van der Waals surface area contributed by atoms with Gasteiger partial charge in [0.2, 0.25) is 5.91 Å². The van der Waals surface area contributed by atoms with Crippen LogP contribution in [0.5, 0.6) is 0 Å². The highest BCUT2D eigenvalue weighted by Crippen LogP contribution is 2.15. The fourth-order valence-electron chi connectivity index (χ4n) is 2.18. The van der Waals surface area contributed by atoms with E-state index in [1.165, 1.54) is 0 Å². The lowest BCUT2D eigenvalue weighted by atomic mass is 10.0. The van der Waals surface area contributed by atoms with Gasteiger partial charge in [0.1, 0.15) is 0 Å². The molecule has 0 bridgehead atoms. The van der Waals surface area contributed by atoms with Crippen molar-refractivity contribution in [2.24, 2.45) is 11.7 Å². The quantitative estimate of drug-likeness (QED) is 0.828. The van der Waals surface area contributed by atoms with Crippen LogP contribution in [0.25, 0.3) is 0 Å². The van der Waals surface area contributed by atoms with E-state index in [2.05, 4.69) is 6.07 Å². The van der Waals surface area contributed by atoms with Gasteiger partial charge in [-0.3, -0.25) is 4.79 Å². The molecule has 1 aromatic carbocycles. The van der Waals surface area contributed by atoms with Crippen molar-refractivity contribution in [3.63, 3.8) is 0 Å². The summed E-state index contributed by atoms with van der Waals surface area (Å²) in [4.78, 5) is 14.2. The summed E-state index contributed by atoms with van der Waals surface area (Å²) < 4.78 is 0. The molecule has 1 aromatic rings. The lowest BCUT2D eigenvalue weighted by Crippen LogP contribution is -2.35. The first-order chi connectivity index (χ1) is 9.63. The summed E-state index contributed by atoms with van der Waals surface area (Å²) in [5.74, 6) is 0.112. The fraction of sp³-hybridized carbons (Fsp3) is 0.500. The maximum Gasteiger partial charge on any atom is 0.225 e. The van der Waals surface area contributed by atoms with Gasteiger partial charge in [0, 0.05) is 19.0 Å². The monoisotopic (exact) mass is 273 g/mol. The van der Waals surface area contributed by atoms with Gasteiger partial charge in [-0.1, -0.05) is 25.1 Å². The Bertz CT molecular complexity index is 479. The lowest BCUT2D eigenvalue weighted by molar-refractivity contribution is -0.135. The van der Waals surface area contributed by atoms with Gasteiger partial charge in [0.25, 0.3) is 0 Å². The predicted molar refractivity (Wildman–Crippen MR) is 79.7 cm³/mol. The molecule has 108 valence electrons. The first kappa shape index (κ1) is 16.2. The second-order valence-corrected chi connectivity index (χ2v) is 4.95. The summed E-state index contributed by atoms with van der Waals surface area (Å²) in [6.45, 7) is 5.65. The number of nitrogens with two attached hydrogens (primary N) is 1. The van der Waals surface area contributed by atoms with Gasteiger partial charge in [0.15, 0.2) is 0 Å². The minimum atomic E-state index is -0.0206. The highest BCUT2D eigenvalue weighted by Gasteiger charge is 2.19. The van der Waals surface area contributed by atoms with Crippen molar-refractivity contribution in [2.75, 3.05) is 13.1 Å². The summed E-state index contributed by atoms with van der Waals surface area (Å²) in [6, 6.07) is 9.59. The number of nitriles is 1. The van der Waals surface area contributed by atoms with Crippen LogP contribution in [0.2, 0.25) is 0 Å². The maximum atomic E-state index is 12.4. The van der Waals surface area contributed by atoms with Crippen molar-refractivity contribution >= 4 is 5.91 Å². The number of carbonyl (C=O) groups excluding carboxylic acids is 1. The third kappa shape index (κ3) is 4.36. The molecule has 1 atom stereocenters. The Kier molecular flexibility index (Phi) is 6.75. The molecular formula is C16H23N3O. The molecule has 4 heteroatoms. The minimum absolute atomic E-state index is 0.0206. The zero-order chi connectivity index (χ0) is 15.0. The molecule has 20 heavy (non-hydrogen) atoms. The van der Waals surface area contributed by atoms with Crippen molar-refractivity contribution < 1.29 is 4.79 Å². The second kappa shape index (κ2) is 8.34. The molecule has 0 saturated carbocycles. The summed E-state index contributed by atoms with van der Waals surface area (Å²) >= 11 is 0. The first-order valence-electron chi connectivity index (χ1n) is 7.10. The Morgan fingerprint density at radius 3 is 2.75 bits per heavy atom. The van der Waals surface area contributed by atoms with E-state index in [0.29, 0.717) is 25.2 Å². The van der Waals surface area contributed by atoms with Gasteiger partial charge in [0.05, 0.1) is 11.6 Å². The van der Waals surface area contributed by atoms with Gasteiger partial charge < -0.3 is 10.6 Å². The van der Waals surface area contributed by atoms with Crippen LogP contribution in [0, 0.1) is 17.2 Å². The molecule has 0 fully saturated rings. The fourth-order valence-corrected chi connectivity index (χ4v) is 2.18. The van der Waals surface area contributed by atoms with E-state index in [4.69, 9.17) is 11.0 Å². The van der Waals surface area contributed by atoms with E-state index in [0.717, 1.165) is 18.4 Å². The number of nitrogens with zero attached hydrogens (tertiary/aromatic N) is 2. The van der Waals surface area contributed by atoms with Crippen LogP contribution < -0.4 is 5.73 Å².